The van der Waals surface area contributed by atoms with Crippen molar-refractivity contribution >= 4 is 0 Å². The molecule has 2 aliphatic rings. The van der Waals surface area contributed by atoms with E-state index in [0.29, 0.717) is 0 Å². The van der Waals surface area contributed by atoms with E-state index in [1.165, 1.54) is 51.4 Å². The Morgan fingerprint density at radius 3 is 1.91 bits per heavy atom. The Hall–Kier alpha value is -0.0800. The van der Waals surface area contributed by atoms with Crippen LogP contribution in [0.4, 0.5) is 0 Å². The first-order valence-electron chi connectivity index (χ1n) is 10.0. The smallest absolute Gasteiger partial charge is 0.00958 e. The van der Waals surface area contributed by atoms with E-state index in [2.05, 4.69) is 45.3 Å². The van der Waals surface area contributed by atoms with E-state index in [0.717, 1.165) is 41.9 Å². The summed E-state index contributed by atoms with van der Waals surface area (Å²) >= 11 is 0. The van der Waals surface area contributed by atoms with Gasteiger partial charge in [-0.15, -0.1) is 0 Å². The highest BCUT2D eigenvalue weighted by Gasteiger charge is 2.29. The molecule has 0 spiro atoms. The van der Waals surface area contributed by atoms with E-state index in [4.69, 9.17) is 0 Å². The summed E-state index contributed by atoms with van der Waals surface area (Å²) in [4.78, 5) is 0. The largest absolute Gasteiger partial charge is 0.311 e. The highest BCUT2D eigenvalue weighted by molar-refractivity contribution is 4.88. The molecule has 6 unspecified atom stereocenters. The van der Waals surface area contributed by atoms with Gasteiger partial charge in [0.05, 0.1) is 0 Å². The van der Waals surface area contributed by atoms with Crippen LogP contribution in [-0.2, 0) is 0 Å². The molecule has 2 heteroatoms. The molecular weight excluding hydrogens is 268 g/mol. The third-order valence-electron chi connectivity index (χ3n) is 6.48. The topological polar surface area (TPSA) is 24.1 Å². The fourth-order valence-electron chi connectivity index (χ4n) is 4.52. The lowest BCUT2D eigenvalue weighted by Gasteiger charge is -2.37. The van der Waals surface area contributed by atoms with Gasteiger partial charge < -0.3 is 10.6 Å². The molecule has 22 heavy (non-hydrogen) atoms. The zero-order chi connectivity index (χ0) is 16.1. The first kappa shape index (κ1) is 18.3. The summed E-state index contributed by atoms with van der Waals surface area (Å²) < 4.78 is 0. The van der Waals surface area contributed by atoms with Crippen molar-refractivity contribution in [1.29, 1.82) is 0 Å². The summed E-state index contributed by atoms with van der Waals surface area (Å²) in [6.45, 7) is 12.0. The Kier molecular flexibility index (Phi) is 7.21. The summed E-state index contributed by atoms with van der Waals surface area (Å²) in [7, 11) is 0. The van der Waals surface area contributed by atoms with Gasteiger partial charge in [-0.1, -0.05) is 41.0 Å². The van der Waals surface area contributed by atoms with Crippen LogP contribution in [0.5, 0.6) is 0 Å². The first-order valence-corrected chi connectivity index (χ1v) is 10.0. The Bertz CT molecular complexity index is 315. The number of piperidine rings is 1. The summed E-state index contributed by atoms with van der Waals surface area (Å²) in [5, 5.41) is 7.80. The van der Waals surface area contributed by atoms with Crippen molar-refractivity contribution in [2.45, 2.75) is 110 Å². The van der Waals surface area contributed by atoms with Crippen molar-refractivity contribution in [3.63, 3.8) is 0 Å². The molecule has 2 nitrogen and oxygen atoms in total. The molecule has 0 aliphatic carbocycles. The molecule has 130 valence electrons. The third kappa shape index (κ3) is 4.96. The predicted molar refractivity (Wildman–Crippen MR) is 97.2 cm³/mol. The monoisotopic (exact) mass is 308 g/mol. The van der Waals surface area contributed by atoms with Crippen molar-refractivity contribution in [3.8, 4) is 0 Å². The van der Waals surface area contributed by atoms with Crippen LogP contribution in [-0.4, -0.2) is 24.2 Å². The van der Waals surface area contributed by atoms with Crippen LogP contribution in [0.2, 0.25) is 0 Å². The van der Waals surface area contributed by atoms with E-state index in [1.807, 2.05) is 0 Å². The minimum atomic E-state index is 0.750. The minimum absolute atomic E-state index is 0.750. The van der Waals surface area contributed by atoms with Crippen LogP contribution in [0.15, 0.2) is 0 Å². The van der Waals surface area contributed by atoms with Gasteiger partial charge in [-0.25, -0.2) is 0 Å². The molecule has 0 radical (unpaired) electrons. The number of hydrogen-bond acceptors (Lipinski definition) is 2. The van der Waals surface area contributed by atoms with Gasteiger partial charge in [0.25, 0.3) is 0 Å². The van der Waals surface area contributed by atoms with Crippen molar-refractivity contribution in [2.24, 2.45) is 17.8 Å². The molecule has 2 saturated heterocycles. The van der Waals surface area contributed by atoms with E-state index >= 15 is 0 Å². The predicted octanol–water partition coefficient (Wildman–Crippen LogP) is 4.74. The van der Waals surface area contributed by atoms with Gasteiger partial charge in [0, 0.05) is 24.2 Å². The molecular formula is C20H40N2. The van der Waals surface area contributed by atoms with Gasteiger partial charge in [-0.3, -0.25) is 0 Å². The first-order chi connectivity index (χ1) is 10.5. The SMILES string of the molecule is CCC1CCC(C(C)CCC(C)C2CCCC(C(C)C)N2)N1. The van der Waals surface area contributed by atoms with Crippen LogP contribution in [0.1, 0.15) is 86.0 Å². The standard InChI is InChI=1S/C20H40N2/c1-6-17-12-13-20(21-17)16(5)11-10-15(4)19-9-7-8-18(22-19)14(2)3/h14-22H,6-13H2,1-5H3. The molecule has 2 fully saturated rings. The highest BCUT2D eigenvalue weighted by atomic mass is 15.0. The normalized spacial score (nSPS) is 35.7. The Balaban J connectivity index is 1.71. The molecule has 0 aromatic rings. The second kappa shape index (κ2) is 8.68. The van der Waals surface area contributed by atoms with Crippen LogP contribution in [0, 0.1) is 17.8 Å². The quantitative estimate of drug-likeness (QED) is 0.710. The lowest BCUT2D eigenvalue weighted by molar-refractivity contribution is 0.208. The minimum Gasteiger partial charge on any atom is -0.311 e. The summed E-state index contributed by atoms with van der Waals surface area (Å²) in [6.07, 6.45) is 11.0. The molecule has 2 N–H and O–H groups in total. The average molecular weight is 309 g/mol. The van der Waals surface area contributed by atoms with Crippen molar-refractivity contribution < 1.29 is 0 Å². The van der Waals surface area contributed by atoms with E-state index in [-0.39, 0.29) is 0 Å². The molecule has 2 rings (SSSR count). The van der Waals surface area contributed by atoms with Crippen LogP contribution in [0.25, 0.3) is 0 Å². The lowest BCUT2D eigenvalue weighted by atomic mass is 9.83. The molecule has 0 aromatic heterocycles. The maximum absolute atomic E-state index is 3.95. The average Bonchev–Trinajstić information content (AvgIpc) is 3.01. The Morgan fingerprint density at radius 1 is 0.773 bits per heavy atom. The van der Waals surface area contributed by atoms with Crippen LogP contribution < -0.4 is 10.6 Å². The second-order valence-electron chi connectivity index (χ2n) is 8.54. The molecule has 2 aliphatic heterocycles. The van der Waals surface area contributed by atoms with Crippen molar-refractivity contribution in [2.75, 3.05) is 0 Å². The van der Waals surface area contributed by atoms with E-state index in [9.17, 15) is 0 Å². The van der Waals surface area contributed by atoms with Gasteiger partial charge in [0.15, 0.2) is 0 Å². The highest BCUT2D eigenvalue weighted by Crippen LogP contribution is 2.28. The fraction of sp³-hybridized carbons (Fsp3) is 1.00. The molecule has 0 bridgehead atoms. The van der Waals surface area contributed by atoms with Gasteiger partial charge in [-0.2, -0.15) is 0 Å². The van der Waals surface area contributed by atoms with E-state index in [1.54, 1.807) is 0 Å². The maximum atomic E-state index is 3.95. The maximum Gasteiger partial charge on any atom is 0.00958 e. The Labute approximate surface area is 139 Å². The molecule has 2 heterocycles. The molecule has 0 saturated carbocycles. The molecule has 0 aromatic carbocycles. The lowest BCUT2D eigenvalue weighted by Crippen LogP contribution is -2.48. The molecule has 0 amide bonds. The second-order valence-corrected chi connectivity index (χ2v) is 8.54. The van der Waals surface area contributed by atoms with Gasteiger partial charge in [0.2, 0.25) is 0 Å². The zero-order valence-corrected chi connectivity index (χ0v) is 15.7. The van der Waals surface area contributed by atoms with Gasteiger partial charge in [-0.05, 0) is 62.7 Å². The summed E-state index contributed by atoms with van der Waals surface area (Å²) in [6, 6.07) is 3.07. The van der Waals surface area contributed by atoms with Crippen LogP contribution in [0.3, 0.4) is 0 Å². The number of rotatable bonds is 7. The molecule has 6 atom stereocenters. The van der Waals surface area contributed by atoms with Crippen molar-refractivity contribution in [3.05, 3.63) is 0 Å². The summed E-state index contributed by atoms with van der Waals surface area (Å²) in [5.41, 5.74) is 0. The zero-order valence-electron chi connectivity index (χ0n) is 15.7. The number of nitrogens with one attached hydrogen (secondary N) is 2. The number of hydrogen-bond donors (Lipinski definition) is 2. The van der Waals surface area contributed by atoms with Crippen LogP contribution >= 0.6 is 0 Å². The Morgan fingerprint density at radius 2 is 1.36 bits per heavy atom. The van der Waals surface area contributed by atoms with Gasteiger partial charge in [0.1, 0.15) is 0 Å². The third-order valence-corrected chi connectivity index (χ3v) is 6.48. The van der Waals surface area contributed by atoms with Gasteiger partial charge >= 0.3 is 0 Å². The van der Waals surface area contributed by atoms with E-state index < -0.39 is 0 Å². The summed E-state index contributed by atoms with van der Waals surface area (Å²) in [5.74, 6) is 2.44. The van der Waals surface area contributed by atoms with Crippen molar-refractivity contribution in [1.82, 2.24) is 10.6 Å². The fourth-order valence-corrected chi connectivity index (χ4v) is 4.52.